The Morgan fingerprint density at radius 2 is 1.88 bits per heavy atom. The fraction of sp³-hybridized carbons (Fsp3) is 0.364. The van der Waals surface area contributed by atoms with Gasteiger partial charge in [-0.25, -0.2) is 8.42 Å². The van der Waals surface area contributed by atoms with Crippen LogP contribution in [0.15, 0.2) is 47.4 Å². The monoisotopic (exact) mass is 477 g/mol. The molecule has 1 atom stereocenters. The molecule has 32 heavy (non-hydrogen) atoms. The molecule has 0 aromatic heterocycles. The summed E-state index contributed by atoms with van der Waals surface area (Å²) in [6.07, 6.45) is 0.776. The fourth-order valence-corrected chi connectivity index (χ4v) is 5.47. The van der Waals surface area contributed by atoms with Crippen LogP contribution in [0.1, 0.15) is 26.2 Å². The number of piperidine rings is 1. The highest BCUT2D eigenvalue weighted by Gasteiger charge is 2.33. The Balaban J connectivity index is 1.41. The molecule has 10 heteroatoms. The minimum atomic E-state index is -3.76. The highest BCUT2D eigenvalue weighted by atomic mass is 35.5. The number of carbonyl (C=O) groups is 2. The van der Waals surface area contributed by atoms with E-state index in [2.05, 4.69) is 10.6 Å². The summed E-state index contributed by atoms with van der Waals surface area (Å²) in [4.78, 5) is 24.7. The van der Waals surface area contributed by atoms with Crippen LogP contribution in [0.4, 0.5) is 11.4 Å². The van der Waals surface area contributed by atoms with Crippen LogP contribution in [-0.4, -0.2) is 43.7 Å². The van der Waals surface area contributed by atoms with E-state index in [1.54, 1.807) is 30.3 Å². The van der Waals surface area contributed by atoms with E-state index in [4.69, 9.17) is 16.3 Å². The van der Waals surface area contributed by atoms with Crippen molar-refractivity contribution in [2.24, 2.45) is 5.92 Å². The van der Waals surface area contributed by atoms with Gasteiger partial charge in [0.2, 0.25) is 15.9 Å². The Kier molecular flexibility index (Phi) is 6.41. The predicted molar refractivity (Wildman–Crippen MR) is 121 cm³/mol. The Hall–Kier alpha value is -2.62. The summed E-state index contributed by atoms with van der Waals surface area (Å²) in [6, 6.07) is 11.3. The van der Waals surface area contributed by atoms with Crippen molar-refractivity contribution in [2.75, 3.05) is 23.7 Å². The zero-order valence-corrected chi connectivity index (χ0v) is 19.1. The summed E-state index contributed by atoms with van der Waals surface area (Å²) in [5, 5.41) is 6.15. The number of hydrogen-bond donors (Lipinski definition) is 2. The van der Waals surface area contributed by atoms with Crippen molar-refractivity contribution >= 4 is 44.8 Å². The fourth-order valence-electron chi connectivity index (χ4n) is 3.84. The number of carbonyl (C=O) groups excluding carboxylic acids is 2. The molecule has 0 aliphatic carbocycles. The maximum atomic E-state index is 13.1. The molecule has 1 fully saturated rings. The topological polar surface area (TPSA) is 105 Å². The molecule has 2 aliphatic rings. The average Bonchev–Trinajstić information content (AvgIpc) is 2.79. The van der Waals surface area contributed by atoms with Gasteiger partial charge in [0.15, 0.2) is 6.10 Å². The van der Waals surface area contributed by atoms with Gasteiger partial charge < -0.3 is 15.4 Å². The van der Waals surface area contributed by atoms with Gasteiger partial charge in [0, 0.05) is 29.7 Å². The molecule has 0 radical (unpaired) electrons. The van der Waals surface area contributed by atoms with Gasteiger partial charge in [-0.1, -0.05) is 18.5 Å². The number of hydrogen-bond acceptors (Lipinski definition) is 5. The van der Waals surface area contributed by atoms with Crippen molar-refractivity contribution in [3.63, 3.8) is 0 Å². The van der Waals surface area contributed by atoms with Crippen LogP contribution in [0.2, 0.25) is 5.02 Å². The third kappa shape index (κ3) is 4.60. The Labute approximate surface area is 191 Å². The second-order valence-electron chi connectivity index (χ2n) is 7.84. The summed E-state index contributed by atoms with van der Waals surface area (Å²) in [5.41, 5.74) is 0.996. The van der Waals surface area contributed by atoms with Crippen LogP contribution >= 0.6 is 11.6 Å². The van der Waals surface area contributed by atoms with Crippen LogP contribution in [-0.2, 0) is 19.6 Å². The van der Waals surface area contributed by atoms with E-state index >= 15 is 0 Å². The molecule has 0 saturated carbocycles. The Morgan fingerprint density at radius 3 is 2.53 bits per heavy atom. The highest BCUT2D eigenvalue weighted by Crippen LogP contribution is 2.34. The lowest BCUT2D eigenvalue weighted by molar-refractivity contribution is -0.123. The molecule has 4 rings (SSSR count). The number of halogens is 1. The number of nitrogens with one attached hydrogen (secondary N) is 2. The maximum absolute atomic E-state index is 13.1. The average molecular weight is 478 g/mol. The molecule has 2 amide bonds. The van der Waals surface area contributed by atoms with Crippen LogP contribution in [0.3, 0.4) is 0 Å². The van der Waals surface area contributed by atoms with E-state index < -0.39 is 16.1 Å². The lowest BCUT2D eigenvalue weighted by Crippen LogP contribution is -2.41. The lowest BCUT2D eigenvalue weighted by atomic mass is 9.97. The van der Waals surface area contributed by atoms with Crippen LogP contribution in [0.5, 0.6) is 5.75 Å². The first-order valence-electron chi connectivity index (χ1n) is 10.5. The molecule has 2 heterocycles. The van der Waals surface area contributed by atoms with E-state index in [9.17, 15) is 18.0 Å². The zero-order chi connectivity index (χ0) is 22.9. The van der Waals surface area contributed by atoms with Crippen molar-refractivity contribution in [2.45, 2.75) is 37.2 Å². The van der Waals surface area contributed by atoms with E-state index in [1.165, 1.54) is 16.4 Å². The molecule has 1 unspecified atom stereocenters. The predicted octanol–water partition coefficient (Wildman–Crippen LogP) is 3.49. The molecule has 2 aliphatic heterocycles. The van der Waals surface area contributed by atoms with Crippen LogP contribution < -0.4 is 15.4 Å². The van der Waals surface area contributed by atoms with Gasteiger partial charge in [0.05, 0.1) is 10.6 Å². The molecule has 170 valence electrons. The van der Waals surface area contributed by atoms with Gasteiger partial charge in [0.25, 0.3) is 5.91 Å². The maximum Gasteiger partial charge on any atom is 0.265 e. The standard InChI is InChI=1S/C22H24ClN3O5S/c1-2-19-22(28)25-18-13-17(7-8-20(18)31-19)32(29,30)26-11-9-14(10-12-26)21(27)24-16-5-3-15(23)4-6-16/h3-8,13-14,19H,2,9-12H2,1H3,(H,24,27)(H,25,28). The lowest BCUT2D eigenvalue weighted by Gasteiger charge is -2.31. The summed E-state index contributed by atoms with van der Waals surface area (Å²) in [7, 11) is -3.76. The first kappa shape index (κ1) is 22.6. The highest BCUT2D eigenvalue weighted by molar-refractivity contribution is 7.89. The number of rotatable bonds is 5. The quantitative estimate of drug-likeness (QED) is 0.685. The number of ether oxygens (including phenoxy) is 1. The summed E-state index contributed by atoms with van der Waals surface area (Å²) in [6.45, 7) is 2.31. The minimum absolute atomic E-state index is 0.0826. The molecule has 0 bridgehead atoms. The molecular weight excluding hydrogens is 454 g/mol. The van der Waals surface area contributed by atoms with Crippen molar-refractivity contribution in [3.8, 4) is 5.75 Å². The summed E-state index contributed by atoms with van der Waals surface area (Å²) in [5.74, 6) is -0.252. The van der Waals surface area contributed by atoms with Crippen molar-refractivity contribution in [1.29, 1.82) is 0 Å². The third-order valence-electron chi connectivity index (χ3n) is 5.72. The summed E-state index contributed by atoms with van der Waals surface area (Å²) >= 11 is 5.86. The molecule has 0 spiro atoms. The van der Waals surface area contributed by atoms with Gasteiger partial charge >= 0.3 is 0 Å². The van der Waals surface area contributed by atoms with Crippen LogP contribution in [0, 0.1) is 5.92 Å². The van der Waals surface area contributed by atoms with Crippen LogP contribution in [0.25, 0.3) is 0 Å². The molecule has 1 saturated heterocycles. The van der Waals surface area contributed by atoms with E-state index in [0.29, 0.717) is 41.4 Å². The number of sulfonamides is 1. The molecule has 2 aromatic rings. The SMILES string of the molecule is CCC1Oc2ccc(S(=O)(=O)N3CCC(C(=O)Nc4ccc(Cl)cc4)CC3)cc2NC1=O. The summed E-state index contributed by atoms with van der Waals surface area (Å²) < 4.78 is 33.3. The van der Waals surface area contributed by atoms with E-state index in [1.807, 2.05) is 6.92 Å². The number of anilines is 2. The third-order valence-corrected chi connectivity index (χ3v) is 7.86. The van der Waals surface area contributed by atoms with Gasteiger partial charge in [-0.05, 0) is 61.7 Å². The number of nitrogens with zero attached hydrogens (tertiary/aromatic N) is 1. The number of benzene rings is 2. The molecule has 8 nitrogen and oxygen atoms in total. The van der Waals surface area contributed by atoms with Gasteiger partial charge in [0.1, 0.15) is 5.75 Å². The van der Waals surface area contributed by atoms with Gasteiger partial charge in [-0.2, -0.15) is 4.31 Å². The van der Waals surface area contributed by atoms with Gasteiger partial charge in [-0.3, -0.25) is 9.59 Å². The van der Waals surface area contributed by atoms with E-state index in [-0.39, 0.29) is 35.7 Å². The number of amides is 2. The molecule has 2 aromatic carbocycles. The van der Waals surface area contributed by atoms with Gasteiger partial charge in [-0.15, -0.1) is 0 Å². The van der Waals surface area contributed by atoms with E-state index in [0.717, 1.165) is 0 Å². The largest absolute Gasteiger partial charge is 0.478 e. The van der Waals surface area contributed by atoms with Crippen molar-refractivity contribution < 1.29 is 22.7 Å². The second kappa shape index (κ2) is 9.09. The first-order valence-corrected chi connectivity index (χ1v) is 12.3. The Morgan fingerprint density at radius 1 is 1.19 bits per heavy atom. The van der Waals surface area contributed by atoms with Crippen molar-refractivity contribution in [1.82, 2.24) is 4.31 Å². The minimum Gasteiger partial charge on any atom is -0.478 e. The normalized spacial score (nSPS) is 19.6. The van der Waals surface area contributed by atoms with Crippen molar-refractivity contribution in [3.05, 3.63) is 47.5 Å². The smallest absolute Gasteiger partial charge is 0.265 e. The zero-order valence-electron chi connectivity index (χ0n) is 17.5. The second-order valence-corrected chi connectivity index (χ2v) is 10.2. The number of fused-ring (bicyclic) bond motifs is 1. The Bertz CT molecular complexity index is 1130. The molecule has 2 N–H and O–H groups in total. The molecular formula is C22H24ClN3O5S. The first-order chi connectivity index (χ1) is 15.3.